The largest absolute Gasteiger partial charge is 0.394 e. The Morgan fingerprint density at radius 2 is 2.60 bits per heavy atom. The number of β-lactam (4-membered cyclic amide) rings is 1. The van der Waals surface area contributed by atoms with Crippen molar-refractivity contribution >= 4 is 5.91 Å². The number of ether oxygens (including phenoxy) is 1. The Labute approximate surface area is 58.4 Å². The number of fused-ring (bicyclic) bond motifs is 1. The number of hydrogen-bond acceptors (Lipinski definition) is 3. The molecule has 4 heteroatoms. The van der Waals surface area contributed by atoms with Crippen LogP contribution in [0.5, 0.6) is 0 Å². The molecule has 0 aromatic heterocycles. The predicted molar refractivity (Wildman–Crippen MR) is 32.1 cm³/mol. The average Bonchev–Trinajstić information content (AvgIpc) is 2.26. The molecule has 0 bridgehead atoms. The highest BCUT2D eigenvalue weighted by molar-refractivity contribution is 5.82. The molecule has 2 heterocycles. The van der Waals surface area contributed by atoms with Gasteiger partial charge in [-0.05, 0) is 0 Å². The minimum Gasteiger partial charge on any atom is -0.394 e. The van der Waals surface area contributed by atoms with Crippen LogP contribution in [0.2, 0.25) is 0 Å². The van der Waals surface area contributed by atoms with Crippen molar-refractivity contribution in [1.82, 2.24) is 4.90 Å². The van der Waals surface area contributed by atoms with Crippen LogP contribution in [0, 0.1) is 0 Å². The van der Waals surface area contributed by atoms with Crippen LogP contribution in [0.25, 0.3) is 0 Å². The van der Waals surface area contributed by atoms with Gasteiger partial charge in [-0.1, -0.05) is 0 Å². The molecule has 56 valence electrons. The highest BCUT2D eigenvalue weighted by Gasteiger charge is 2.44. The van der Waals surface area contributed by atoms with Gasteiger partial charge < -0.3 is 14.7 Å². The molecule has 4 nitrogen and oxygen atoms in total. The minimum absolute atomic E-state index is 0.0142. The lowest BCUT2D eigenvalue weighted by Crippen LogP contribution is -2.48. The molecule has 2 fully saturated rings. The lowest BCUT2D eigenvalue weighted by atomic mass is 10.2. The molecular weight excluding hydrogens is 134 g/mol. The van der Waals surface area contributed by atoms with E-state index in [9.17, 15) is 4.79 Å². The Morgan fingerprint density at radius 1 is 1.80 bits per heavy atom. The van der Waals surface area contributed by atoms with Crippen molar-refractivity contribution in [2.45, 2.75) is 18.8 Å². The van der Waals surface area contributed by atoms with E-state index in [4.69, 9.17) is 9.84 Å². The summed E-state index contributed by atoms with van der Waals surface area (Å²) < 4.78 is 5.24. The molecule has 2 aliphatic rings. The number of rotatable bonds is 1. The van der Waals surface area contributed by atoms with Crippen molar-refractivity contribution in [1.29, 1.82) is 0 Å². The van der Waals surface area contributed by atoms with Crippen LogP contribution in [0.1, 0.15) is 6.42 Å². The first-order valence-electron chi connectivity index (χ1n) is 3.37. The van der Waals surface area contributed by atoms with Gasteiger partial charge in [-0.2, -0.15) is 0 Å². The van der Waals surface area contributed by atoms with Gasteiger partial charge in [-0.15, -0.1) is 0 Å². The zero-order valence-corrected chi connectivity index (χ0v) is 5.49. The van der Waals surface area contributed by atoms with E-state index in [0.29, 0.717) is 13.0 Å². The molecule has 0 aromatic rings. The predicted octanol–water partition coefficient (Wildman–Crippen LogP) is -1.06. The maximum absolute atomic E-state index is 10.7. The summed E-state index contributed by atoms with van der Waals surface area (Å²) in [5.41, 5.74) is 0. The Hall–Kier alpha value is -0.610. The van der Waals surface area contributed by atoms with Gasteiger partial charge in [0.25, 0.3) is 0 Å². The fraction of sp³-hybridized carbons (Fsp3) is 0.833. The maximum Gasteiger partial charge on any atom is 0.229 e. The fourth-order valence-electron chi connectivity index (χ4n) is 1.35. The van der Waals surface area contributed by atoms with Crippen LogP contribution in [0.4, 0.5) is 0 Å². The Morgan fingerprint density at radius 3 is 3.10 bits per heavy atom. The summed E-state index contributed by atoms with van der Waals surface area (Å²) in [6, 6.07) is 0. The zero-order valence-electron chi connectivity index (χ0n) is 5.49. The number of aliphatic hydroxyl groups excluding tert-OH is 1. The highest BCUT2D eigenvalue weighted by Crippen LogP contribution is 2.27. The van der Waals surface area contributed by atoms with Gasteiger partial charge in [-0.25, -0.2) is 0 Å². The molecule has 0 saturated carbocycles. The molecule has 0 radical (unpaired) electrons. The number of nitrogens with zero attached hydrogens (tertiary/aromatic N) is 1. The van der Waals surface area contributed by atoms with Gasteiger partial charge in [0.15, 0.2) is 0 Å². The molecule has 2 atom stereocenters. The molecule has 0 aromatic carbocycles. The molecule has 2 saturated heterocycles. The number of aliphatic hydroxyl groups is 1. The van der Waals surface area contributed by atoms with E-state index >= 15 is 0 Å². The van der Waals surface area contributed by atoms with Gasteiger partial charge in [0.05, 0.1) is 19.6 Å². The van der Waals surface area contributed by atoms with Crippen molar-refractivity contribution in [2.24, 2.45) is 0 Å². The summed E-state index contributed by atoms with van der Waals surface area (Å²) in [6.07, 6.45) is 0.331. The Balaban J connectivity index is 1.99. The van der Waals surface area contributed by atoms with Gasteiger partial charge in [0.1, 0.15) is 12.3 Å². The monoisotopic (exact) mass is 143 g/mol. The number of carbonyl (C=O) groups is 1. The Kier molecular flexibility index (Phi) is 1.18. The van der Waals surface area contributed by atoms with Crippen molar-refractivity contribution in [3.63, 3.8) is 0 Å². The van der Waals surface area contributed by atoms with E-state index in [1.165, 1.54) is 0 Å². The molecule has 0 aliphatic carbocycles. The third kappa shape index (κ3) is 0.660. The lowest BCUT2D eigenvalue weighted by Gasteiger charge is -2.31. The first kappa shape index (κ1) is 6.12. The van der Waals surface area contributed by atoms with Crippen LogP contribution in [-0.4, -0.2) is 41.4 Å². The minimum atomic E-state index is -0.142. The van der Waals surface area contributed by atoms with Crippen molar-refractivity contribution in [3.8, 4) is 0 Å². The molecule has 0 spiro atoms. The second-order valence-electron chi connectivity index (χ2n) is 2.65. The first-order valence-corrected chi connectivity index (χ1v) is 3.37. The van der Waals surface area contributed by atoms with E-state index in [1.54, 1.807) is 4.90 Å². The second kappa shape index (κ2) is 1.93. The second-order valence-corrected chi connectivity index (χ2v) is 2.65. The summed E-state index contributed by atoms with van der Waals surface area (Å²) >= 11 is 0. The van der Waals surface area contributed by atoms with Crippen LogP contribution in [0.3, 0.4) is 0 Å². The van der Waals surface area contributed by atoms with E-state index in [2.05, 4.69) is 0 Å². The van der Waals surface area contributed by atoms with Crippen molar-refractivity contribution in [2.75, 3.05) is 13.2 Å². The molecular formula is C6H9NO3. The van der Waals surface area contributed by atoms with Crippen LogP contribution in [-0.2, 0) is 9.53 Å². The van der Waals surface area contributed by atoms with Crippen LogP contribution >= 0.6 is 0 Å². The maximum atomic E-state index is 10.7. The first-order chi connectivity index (χ1) is 4.81. The Bertz CT molecular complexity index is 170. The van der Waals surface area contributed by atoms with E-state index in [-0.39, 0.29) is 24.8 Å². The van der Waals surface area contributed by atoms with E-state index < -0.39 is 0 Å². The highest BCUT2D eigenvalue weighted by atomic mass is 16.5. The van der Waals surface area contributed by atoms with Crippen molar-refractivity contribution < 1.29 is 14.6 Å². The molecule has 1 N–H and O–H groups in total. The zero-order chi connectivity index (χ0) is 7.14. The summed E-state index contributed by atoms with van der Waals surface area (Å²) in [7, 11) is 0. The van der Waals surface area contributed by atoms with Crippen molar-refractivity contribution in [3.05, 3.63) is 0 Å². The average molecular weight is 143 g/mol. The molecule has 1 amide bonds. The third-order valence-corrected chi connectivity index (χ3v) is 1.97. The number of amides is 1. The lowest BCUT2D eigenvalue weighted by molar-refractivity contribution is -0.156. The SMILES string of the molecule is O=C1C[C@@H]2OC(CO)CN12. The molecule has 2 rings (SSSR count). The number of carbonyl (C=O) groups excluding carboxylic acids is 1. The quantitative estimate of drug-likeness (QED) is 0.476. The van der Waals surface area contributed by atoms with Gasteiger partial charge >= 0.3 is 0 Å². The summed E-state index contributed by atoms with van der Waals surface area (Å²) in [5, 5.41) is 8.65. The van der Waals surface area contributed by atoms with Gasteiger partial charge in [0.2, 0.25) is 5.91 Å². The van der Waals surface area contributed by atoms with E-state index in [1.807, 2.05) is 0 Å². The standard InChI is InChI=1S/C6H9NO3/c8-3-4-2-7-5(9)1-6(7)10-4/h4,6,8H,1-3H2/t4?,6-/m0/s1. The molecule has 1 unspecified atom stereocenters. The van der Waals surface area contributed by atoms with E-state index in [0.717, 1.165) is 0 Å². The summed E-state index contributed by atoms with van der Waals surface area (Å²) in [5.74, 6) is 0.140. The normalized spacial score (nSPS) is 37.7. The topological polar surface area (TPSA) is 49.8 Å². The van der Waals surface area contributed by atoms with Crippen LogP contribution < -0.4 is 0 Å². The number of hydrogen-bond donors (Lipinski definition) is 1. The fourth-order valence-corrected chi connectivity index (χ4v) is 1.35. The molecule has 10 heavy (non-hydrogen) atoms. The molecule has 2 aliphatic heterocycles. The van der Waals surface area contributed by atoms with Gasteiger partial charge in [-0.3, -0.25) is 4.79 Å². The summed E-state index contributed by atoms with van der Waals surface area (Å²) in [4.78, 5) is 12.4. The summed E-state index contributed by atoms with van der Waals surface area (Å²) in [6.45, 7) is 0.584. The smallest absolute Gasteiger partial charge is 0.229 e. The van der Waals surface area contributed by atoms with Crippen LogP contribution in [0.15, 0.2) is 0 Å². The third-order valence-electron chi connectivity index (χ3n) is 1.97. The van der Waals surface area contributed by atoms with Gasteiger partial charge in [0, 0.05) is 0 Å².